The molecule has 0 spiro atoms. The average Bonchev–Trinajstić information content (AvgIpc) is 2.79. The minimum atomic E-state index is -0.215. The van der Waals surface area contributed by atoms with Crippen molar-refractivity contribution in [2.24, 2.45) is 0 Å². The van der Waals surface area contributed by atoms with Crippen LogP contribution in [0.3, 0.4) is 0 Å². The van der Waals surface area contributed by atoms with Gasteiger partial charge >= 0.3 is 0 Å². The molecule has 0 atom stereocenters. The standard InChI is InChI=1S/C23H26FN5/c1-2-28-12-14-29(15-13-28)23-26-21(18-8-4-3-5-9-18)16-22(27-23)25-17-19-10-6-7-11-20(19)24/h3-11,16H,2,12-15,17H2,1H3,(H,25,26,27). The van der Waals surface area contributed by atoms with Crippen LogP contribution in [-0.2, 0) is 6.54 Å². The molecule has 2 heterocycles. The molecule has 2 aromatic carbocycles. The summed E-state index contributed by atoms with van der Waals surface area (Å²) in [4.78, 5) is 14.2. The summed E-state index contributed by atoms with van der Waals surface area (Å²) in [5.41, 5.74) is 2.52. The van der Waals surface area contributed by atoms with Crippen LogP contribution in [0.5, 0.6) is 0 Å². The molecule has 1 N–H and O–H groups in total. The van der Waals surface area contributed by atoms with E-state index in [9.17, 15) is 4.39 Å². The molecular formula is C23H26FN5. The van der Waals surface area contributed by atoms with Crippen LogP contribution >= 0.6 is 0 Å². The lowest BCUT2D eigenvalue weighted by atomic mass is 10.1. The lowest BCUT2D eigenvalue weighted by Crippen LogP contribution is -2.46. The molecule has 0 saturated carbocycles. The molecular weight excluding hydrogens is 365 g/mol. The summed E-state index contributed by atoms with van der Waals surface area (Å²) >= 11 is 0. The van der Waals surface area contributed by atoms with Gasteiger partial charge in [0.15, 0.2) is 0 Å². The molecule has 0 unspecified atom stereocenters. The van der Waals surface area contributed by atoms with Crippen molar-refractivity contribution >= 4 is 11.8 Å². The Morgan fingerprint density at radius 2 is 1.66 bits per heavy atom. The van der Waals surface area contributed by atoms with Crippen LogP contribution < -0.4 is 10.2 Å². The maximum atomic E-state index is 14.0. The number of benzene rings is 2. The number of nitrogens with one attached hydrogen (secondary N) is 1. The van der Waals surface area contributed by atoms with Crippen molar-refractivity contribution in [2.75, 3.05) is 42.9 Å². The third kappa shape index (κ3) is 4.71. The van der Waals surface area contributed by atoms with Gasteiger partial charge in [0.2, 0.25) is 5.95 Å². The molecule has 4 rings (SSSR count). The highest BCUT2D eigenvalue weighted by molar-refractivity contribution is 5.64. The third-order valence-electron chi connectivity index (χ3n) is 5.30. The number of hydrogen-bond donors (Lipinski definition) is 1. The van der Waals surface area contributed by atoms with Crippen molar-refractivity contribution in [3.05, 3.63) is 72.0 Å². The van der Waals surface area contributed by atoms with Gasteiger partial charge in [-0.15, -0.1) is 0 Å². The van der Waals surface area contributed by atoms with Gasteiger partial charge in [0.25, 0.3) is 0 Å². The Morgan fingerprint density at radius 1 is 0.931 bits per heavy atom. The van der Waals surface area contributed by atoms with Gasteiger partial charge in [0.1, 0.15) is 11.6 Å². The summed E-state index contributed by atoms with van der Waals surface area (Å²) < 4.78 is 14.0. The second kappa shape index (κ2) is 9.01. The van der Waals surface area contributed by atoms with Gasteiger partial charge in [-0.2, -0.15) is 4.98 Å². The first-order valence-corrected chi connectivity index (χ1v) is 10.1. The molecule has 0 radical (unpaired) electrons. The van der Waals surface area contributed by atoms with Gasteiger partial charge in [0, 0.05) is 49.9 Å². The first kappa shape index (κ1) is 19.3. The van der Waals surface area contributed by atoms with Gasteiger partial charge < -0.3 is 15.1 Å². The number of rotatable bonds is 6. The maximum absolute atomic E-state index is 14.0. The average molecular weight is 391 g/mol. The highest BCUT2D eigenvalue weighted by Gasteiger charge is 2.19. The van der Waals surface area contributed by atoms with E-state index >= 15 is 0 Å². The largest absolute Gasteiger partial charge is 0.366 e. The number of halogens is 1. The molecule has 1 saturated heterocycles. The predicted molar refractivity (Wildman–Crippen MR) is 116 cm³/mol. The fourth-order valence-corrected chi connectivity index (χ4v) is 3.51. The topological polar surface area (TPSA) is 44.3 Å². The van der Waals surface area contributed by atoms with Gasteiger partial charge in [0.05, 0.1) is 5.69 Å². The molecule has 1 fully saturated rings. The molecule has 0 bridgehead atoms. The molecule has 150 valence electrons. The van der Waals surface area contributed by atoms with Crippen LogP contribution in [-0.4, -0.2) is 47.6 Å². The Labute approximate surface area is 171 Å². The maximum Gasteiger partial charge on any atom is 0.227 e. The van der Waals surface area contributed by atoms with E-state index in [2.05, 4.69) is 22.0 Å². The summed E-state index contributed by atoms with van der Waals surface area (Å²) in [6.45, 7) is 7.45. The summed E-state index contributed by atoms with van der Waals surface area (Å²) in [5.74, 6) is 1.21. The van der Waals surface area contributed by atoms with E-state index in [1.165, 1.54) is 6.07 Å². The van der Waals surface area contributed by atoms with Crippen molar-refractivity contribution in [3.8, 4) is 11.3 Å². The van der Waals surface area contributed by atoms with E-state index in [-0.39, 0.29) is 5.82 Å². The van der Waals surface area contributed by atoms with Crippen LogP contribution in [0.1, 0.15) is 12.5 Å². The van der Waals surface area contributed by atoms with Crippen LogP contribution in [0, 0.1) is 5.82 Å². The minimum Gasteiger partial charge on any atom is -0.366 e. The molecule has 3 aromatic rings. The molecule has 5 nitrogen and oxygen atoms in total. The van der Waals surface area contributed by atoms with Gasteiger partial charge in [-0.1, -0.05) is 55.5 Å². The Kier molecular flexibility index (Phi) is 6.00. The van der Waals surface area contributed by atoms with Crippen LogP contribution in [0.15, 0.2) is 60.7 Å². The zero-order valence-electron chi connectivity index (χ0n) is 16.7. The van der Waals surface area contributed by atoms with E-state index in [0.29, 0.717) is 17.9 Å². The van der Waals surface area contributed by atoms with E-state index in [4.69, 9.17) is 9.97 Å². The number of nitrogens with zero attached hydrogens (tertiary/aromatic N) is 4. The van der Waals surface area contributed by atoms with Crippen molar-refractivity contribution in [1.29, 1.82) is 0 Å². The van der Waals surface area contributed by atoms with Crippen LogP contribution in [0.25, 0.3) is 11.3 Å². The number of hydrogen-bond acceptors (Lipinski definition) is 5. The molecule has 1 aliphatic rings. The predicted octanol–water partition coefficient (Wildman–Crippen LogP) is 4.04. The molecule has 0 amide bonds. The third-order valence-corrected chi connectivity index (χ3v) is 5.30. The Balaban J connectivity index is 1.61. The Bertz CT molecular complexity index is 939. The molecule has 29 heavy (non-hydrogen) atoms. The Hall–Kier alpha value is -2.99. The first-order valence-electron chi connectivity index (χ1n) is 10.1. The monoisotopic (exact) mass is 391 g/mol. The number of aromatic nitrogens is 2. The van der Waals surface area contributed by atoms with Crippen molar-refractivity contribution in [1.82, 2.24) is 14.9 Å². The second-order valence-electron chi connectivity index (χ2n) is 7.17. The van der Waals surface area contributed by atoms with Crippen molar-refractivity contribution in [2.45, 2.75) is 13.5 Å². The fourth-order valence-electron chi connectivity index (χ4n) is 3.51. The SMILES string of the molecule is CCN1CCN(c2nc(NCc3ccccc3F)cc(-c3ccccc3)n2)CC1. The number of anilines is 2. The van der Waals surface area contributed by atoms with E-state index in [1.807, 2.05) is 42.5 Å². The summed E-state index contributed by atoms with van der Waals surface area (Å²) in [6.07, 6.45) is 0. The zero-order chi connectivity index (χ0) is 20.1. The summed E-state index contributed by atoms with van der Waals surface area (Å²) in [6, 6.07) is 18.8. The smallest absolute Gasteiger partial charge is 0.227 e. The number of likely N-dealkylation sites (N-methyl/N-ethyl adjacent to an activating group) is 1. The normalized spacial score (nSPS) is 14.8. The molecule has 1 aromatic heterocycles. The highest BCUT2D eigenvalue weighted by Crippen LogP contribution is 2.24. The number of piperazine rings is 1. The van der Waals surface area contributed by atoms with Gasteiger partial charge in [-0.05, 0) is 12.6 Å². The summed E-state index contributed by atoms with van der Waals surface area (Å²) in [7, 11) is 0. The first-order chi connectivity index (χ1) is 14.2. The van der Waals surface area contributed by atoms with Gasteiger partial charge in [-0.3, -0.25) is 0 Å². The van der Waals surface area contributed by atoms with Crippen molar-refractivity contribution < 1.29 is 4.39 Å². The quantitative estimate of drug-likeness (QED) is 0.687. The van der Waals surface area contributed by atoms with E-state index in [0.717, 1.165) is 49.9 Å². The Morgan fingerprint density at radius 3 is 2.38 bits per heavy atom. The lowest BCUT2D eigenvalue weighted by molar-refractivity contribution is 0.270. The molecule has 0 aliphatic carbocycles. The fraction of sp³-hybridized carbons (Fsp3) is 0.304. The molecule has 6 heteroatoms. The summed E-state index contributed by atoms with van der Waals surface area (Å²) in [5, 5.41) is 3.28. The van der Waals surface area contributed by atoms with Gasteiger partial charge in [-0.25, -0.2) is 9.37 Å². The van der Waals surface area contributed by atoms with Crippen LogP contribution in [0.2, 0.25) is 0 Å². The lowest BCUT2D eigenvalue weighted by Gasteiger charge is -2.34. The van der Waals surface area contributed by atoms with Crippen molar-refractivity contribution in [3.63, 3.8) is 0 Å². The minimum absolute atomic E-state index is 0.215. The van der Waals surface area contributed by atoms with E-state index < -0.39 is 0 Å². The molecule has 1 aliphatic heterocycles. The highest BCUT2D eigenvalue weighted by atomic mass is 19.1. The van der Waals surface area contributed by atoms with Crippen LogP contribution in [0.4, 0.5) is 16.2 Å². The zero-order valence-corrected chi connectivity index (χ0v) is 16.7. The second-order valence-corrected chi connectivity index (χ2v) is 7.17. The van der Waals surface area contributed by atoms with E-state index in [1.54, 1.807) is 12.1 Å².